The molecule has 0 aromatic carbocycles. The Labute approximate surface area is 110 Å². The highest BCUT2D eigenvalue weighted by atomic mass is 16.3. The van der Waals surface area contributed by atoms with Crippen molar-refractivity contribution >= 4 is 0 Å². The van der Waals surface area contributed by atoms with E-state index < -0.39 is 0 Å². The Kier molecular flexibility index (Phi) is 4.80. The molecule has 0 radical (unpaired) electrons. The van der Waals surface area contributed by atoms with Crippen molar-refractivity contribution in [1.29, 1.82) is 0 Å². The number of hydrogen-bond donors (Lipinski definition) is 2. The molecule has 3 atom stereocenters. The summed E-state index contributed by atoms with van der Waals surface area (Å²) in [6.45, 7) is 1.72. The van der Waals surface area contributed by atoms with Gasteiger partial charge in [-0.1, -0.05) is 6.42 Å². The summed E-state index contributed by atoms with van der Waals surface area (Å²) in [5.41, 5.74) is 5.82. The van der Waals surface area contributed by atoms with Gasteiger partial charge < -0.3 is 15.5 Å². The second kappa shape index (κ2) is 6.36. The predicted molar refractivity (Wildman–Crippen MR) is 73.3 cm³/mol. The first-order valence-electron chi connectivity index (χ1n) is 6.85. The lowest BCUT2D eigenvalue weighted by Gasteiger charge is -2.26. The molecule has 1 aliphatic rings. The Morgan fingerprint density at radius 2 is 2.33 bits per heavy atom. The fourth-order valence-electron chi connectivity index (χ4n) is 2.87. The molecule has 1 aromatic rings. The molecule has 4 nitrogen and oxygen atoms in total. The fraction of sp³-hybridized carbons (Fsp3) is 0.714. The second-order valence-corrected chi connectivity index (χ2v) is 5.44. The van der Waals surface area contributed by atoms with Gasteiger partial charge in [-0.05, 0) is 51.5 Å². The summed E-state index contributed by atoms with van der Waals surface area (Å²) < 4.78 is 5.52. The van der Waals surface area contributed by atoms with Crippen LogP contribution in [0.4, 0.5) is 0 Å². The third-order valence-corrected chi connectivity index (χ3v) is 4.03. The van der Waals surface area contributed by atoms with Crippen LogP contribution in [0.25, 0.3) is 0 Å². The lowest BCUT2D eigenvalue weighted by molar-refractivity contribution is 0.237. The van der Waals surface area contributed by atoms with Crippen LogP contribution in [-0.2, 0) is 0 Å². The molecule has 1 fully saturated rings. The number of furan rings is 1. The average molecular weight is 251 g/mol. The molecule has 1 heterocycles. The third-order valence-electron chi connectivity index (χ3n) is 4.03. The van der Waals surface area contributed by atoms with E-state index >= 15 is 0 Å². The standard InChI is InChI=1S/C14H25N3O/c1-17(2)13(14-7-4-8-18-14)10-16-12-6-3-5-11(12)9-15/h4,7-8,11-13,16H,3,5-6,9-10,15H2,1-2H3. The van der Waals surface area contributed by atoms with Crippen molar-refractivity contribution in [2.45, 2.75) is 31.3 Å². The van der Waals surface area contributed by atoms with Crippen LogP contribution in [0.3, 0.4) is 0 Å². The summed E-state index contributed by atoms with van der Waals surface area (Å²) in [5.74, 6) is 1.67. The average Bonchev–Trinajstić information content (AvgIpc) is 2.99. The normalized spacial score (nSPS) is 25.8. The van der Waals surface area contributed by atoms with Crippen molar-refractivity contribution in [2.75, 3.05) is 27.2 Å². The number of nitrogens with one attached hydrogen (secondary N) is 1. The van der Waals surface area contributed by atoms with Gasteiger partial charge in [-0.2, -0.15) is 0 Å². The summed E-state index contributed by atoms with van der Waals surface area (Å²) in [6, 6.07) is 4.86. The minimum Gasteiger partial charge on any atom is -0.468 e. The minimum atomic E-state index is 0.291. The summed E-state index contributed by atoms with van der Waals surface area (Å²) in [6.07, 6.45) is 5.55. The largest absolute Gasteiger partial charge is 0.468 e. The highest BCUT2D eigenvalue weighted by molar-refractivity contribution is 5.05. The van der Waals surface area contributed by atoms with E-state index in [-0.39, 0.29) is 0 Å². The summed E-state index contributed by atoms with van der Waals surface area (Å²) >= 11 is 0. The van der Waals surface area contributed by atoms with E-state index in [1.54, 1.807) is 6.26 Å². The smallest absolute Gasteiger partial charge is 0.122 e. The molecule has 18 heavy (non-hydrogen) atoms. The van der Waals surface area contributed by atoms with Crippen LogP contribution in [0, 0.1) is 5.92 Å². The van der Waals surface area contributed by atoms with E-state index in [1.807, 2.05) is 12.1 Å². The van der Waals surface area contributed by atoms with Gasteiger partial charge in [-0.3, -0.25) is 4.90 Å². The van der Waals surface area contributed by atoms with Gasteiger partial charge in [0.2, 0.25) is 0 Å². The zero-order chi connectivity index (χ0) is 13.0. The molecular formula is C14H25N3O. The van der Waals surface area contributed by atoms with Crippen molar-refractivity contribution in [3.63, 3.8) is 0 Å². The molecule has 102 valence electrons. The van der Waals surface area contributed by atoms with E-state index in [0.29, 0.717) is 18.0 Å². The van der Waals surface area contributed by atoms with Gasteiger partial charge in [-0.15, -0.1) is 0 Å². The molecule has 2 rings (SSSR count). The maximum absolute atomic E-state index is 5.82. The van der Waals surface area contributed by atoms with Gasteiger partial charge in [-0.25, -0.2) is 0 Å². The van der Waals surface area contributed by atoms with Crippen LogP contribution in [0.1, 0.15) is 31.1 Å². The van der Waals surface area contributed by atoms with E-state index in [9.17, 15) is 0 Å². The van der Waals surface area contributed by atoms with Gasteiger partial charge >= 0.3 is 0 Å². The van der Waals surface area contributed by atoms with Crippen molar-refractivity contribution < 1.29 is 4.42 Å². The Bertz CT molecular complexity index is 337. The summed E-state index contributed by atoms with van der Waals surface area (Å²) in [7, 11) is 4.17. The van der Waals surface area contributed by atoms with Gasteiger partial charge in [0.25, 0.3) is 0 Å². The fourth-order valence-corrected chi connectivity index (χ4v) is 2.87. The maximum atomic E-state index is 5.82. The quantitative estimate of drug-likeness (QED) is 0.806. The van der Waals surface area contributed by atoms with Crippen LogP contribution >= 0.6 is 0 Å². The van der Waals surface area contributed by atoms with Crippen LogP contribution in [0.5, 0.6) is 0 Å². The molecule has 0 saturated heterocycles. The molecule has 1 aromatic heterocycles. The molecule has 0 amide bonds. The van der Waals surface area contributed by atoms with Gasteiger partial charge in [0.15, 0.2) is 0 Å². The van der Waals surface area contributed by atoms with E-state index in [1.165, 1.54) is 19.3 Å². The first-order valence-corrected chi connectivity index (χ1v) is 6.85. The lowest BCUT2D eigenvalue weighted by Crippen LogP contribution is -2.40. The molecule has 4 heteroatoms. The van der Waals surface area contributed by atoms with Crippen LogP contribution < -0.4 is 11.1 Å². The third kappa shape index (κ3) is 3.13. The predicted octanol–water partition coefficient (Wildman–Crippen LogP) is 1.60. The summed E-state index contributed by atoms with van der Waals surface area (Å²) in [5, 5.41) is 3.67. The van der Waals surface area contributed by atoms with E-state index in [4.69, 9.17) is 10.2 Å². The maximum Gasteiger partial charge on any atom is 0.122 e. The number of likely N-dealkylation sites (N-methyl/N-ethyl adjacent to an activating group) is 1. The number of nitrogens with two attached hydrogens (primary N) is 1. The van der Waals surface area contributed by atoms with E-state index in [0.717, 1.165) is 18.8 Å². The van der Waals surface area contributed by atoms with Gasteiger partial charge in [0.05, 0.1) is 12.3 Å². The number of nitrogens with zero attached hydrogens (tertiary/aromatic N) is 1. The molecule has 0 spiro atoms. The van der Waals surface area contributed by atoms with Crippen molar-refractivity contribution in [2.24, 2.45) is 11.7 Å². The first kappa shape index (κ1) is 13.6. The van der Waals surface area contributed by atoms with Gasteiger partial charge in [0.1, 0.15) is 5.76 Å². The second-order valence-electron chi connectivity index (χ2n) is 5.44. The van der Waals surface area contributed by atoms with Crippen molar-refractivity contribution in [1.82, 2.24) is 10.2 Å². The van der Waals surface area contributed by atoms with Crippen LogP contribution in [0.2, 0.25) is 0 Å². The highest BCUT2D eigenvalue weighted by Crippen LogP contribution is 2.26. The highest BCUT2D eigenvalue weighted by Gasteiger charge is 2.27. The van der Waals surface area contributed by atoms with E-state index in [2.05, 4.69) is 24.3 Å². The molecule has 1 aliphatic carbocycles. The zero-order valence-corrected chi connectivity index (χ0v) is 11.4. The minimum absolute atomic E-state index is 0.291. The SMILES string of the molecule is CN(C)C(CNC1CCCC1CN)c1ccco1. The van der Waals surface area contributed by atoms with Crippen molar-refractivity contribution in [3.8, 4) is 0 Å². The van der Waals surface area contributed by atoms with Crippen LogP contribution in [-0.4, -0.2) is 38.1 Å². The van der Waals surface area contributed by atoms with Gasteiger partial charge in [0, 0.05) is 12.6 Å². The Morgan fingerprint density at radius 3 is 2.94 bits per heavy atom. The zero-order valence-electron chi connectivity index (χ0n) is 11.4. The lowest BCUT2D eigenvalue weighted by atomic mass is 10.0. The molecule has 0 aliphatic heterocycles. The number of hydrogen-bond acceptors (Lipinski definition) is 4. The first-order chi connectivity index (χ1) is 8.72. The Hall–Kier alpha value is -0.840. The van der Waals surface area contributed by atoms with Crippen LogP contribution in [0.15, 0.2) is 22.8 Å². The molecular weight excluding hydrogens is 226 g/mol. The molecule has 3 unspecified atom stereocenters. The summed E-state index contributed by atoms with van der Waals surface area (Å²) in [4.78, 5) is 2.19. The topological polar surface area (TPSA) is 54.4 Å². The Morgan fingerprint density at radius 1 is 1.50 bits per heavy atom. The van der Waals surface area contributed by atoms with Crippen molar-refractivity contribution in [3.05, 3.63) is 24.2 Å². The molecule has 1 saturated carbocycles. The number of rotatable bonds is 6. The molecule has 3 N–H and O–H groups in total. The monoisotopic (exact) mass is 251 g/mol. The Balaban J connectivity index is 1.90. The molecule has 0 bridgehead atoms.